The SMILES string of the molecule is CC(C)(C)COB(ON)OCCO. The van der Waals surface area contributed by atoms with Crippen molar-refractivity contribution in [2.24, 2.45) is 11.3 Å². The second-order valence-corrected chi connectivity index (χ2v) is 3.89. The van der Waals surface area contributed by atoms with Gasteiger partial charge in [-0.05, 0) is 5.41 Å². The predicted octanol–water partition coefficient (Wildman–Crippen LogP) is -0.0668. The Morgan fingerprint density at radius 3 is 2.31 bits per heavy atom. The normalized spacial score (nSPS) is 11.8. The molecule has 0 amide bonds. The summed E-state index contributed by atoms with van der Waals surface area (Å²) in [5.41, 5.74) is 0.0271. The Kier molecular flexibility index (Phi) is 6.27. The van der Waals surface area contributed by atoms with Gasteiger partial charge in [0.15, 0.2) is 0 Å². The van der Waals surface area contributed by atoms with Gasteiger partial charge in [-0.3, -0.25) is 0 Å². The Bertz CT molecular complexity index is 128. The highest BCUT2D eigenvalue weighted by molar-refractivity contribution is 6.36. The van der Waals surface area contributed by atoms with E-state index in [4.69, 9.17) is 20.3 Å². The molecule has 0 unspecified atom stereocenters. The highest BCUT2D eigenvalue weighted by atomic mass is 16.8. The third kappa shape index (κ3) is 8.20. The molecule has 0 aromatic rings. The van der Waals surface area contributed by atoms with Gasteiger partial charge in [0.05, 0.1) is 13.2 Å². The second kappa shape index (κ2) is 6.34. The predicted molar refractivity (Wildman–Crippen MR) is 49.5 cm³/mol. The van der Waals surface area contributed by atoms with Crippen LogP contribution in [-0.2, 0) is 14.1 Å². The minimum absolute atomic E-state index is 0.0271. The first-order valence-electron chi connectivity index (χ1n) is 4.19. The van der Waals surface area contributed by atoms with Crippen molar-refractivity contribution in [3.63, 3.8) is 0 Å². The van der Waals surface area contributed by atoms with E-state index in [0.717, 1.165) is 0 Å². The van der Waals surface area contributed by atoms with Gasteiger partial charge in [-0.15, -0.1) is 0 Å². The van der Waals surface area contributed by atoms with Gasteiger partial charge in [-0.2, -0.15) is 0 Å². The zero-order valence-electron chi connectivity index (χ0n) is 8.45. The summed E-state index contributed by atoms with van der Waals surface area (Å²) in [6.07, 6.45) is 0. The van der Waals surface area contributed by atoms with E-state index in [9.17, 15) is 0 Å². The van der Waals surface area contributed by atoms with Crippen molar-refractivity contribution >= 4 is 7.32 Å². The standard InChI is InChI=1S/C7H18BNO4/c1-7(2,3)6-12-8(13-9)11-5-4-10/h10H,4-6,9H2,1-3H3. The summed E-state index contributed by atoms with van der Waals surface area (Å²) in [7, 11) is -0.897. The van der Waals surface area contributed by atoms with Crippen LogP contribution in [0.25, 0.3) is 0 Å². The van der Waals surface area contributed by atoms with E-state index in [0.29, 0.717) is 6.61 Å². The maximum absolute atomic E-state index is 8.46. The van der Waals surface area contributed by atoms with E-state index in [1.807, 2.05) is 20.8 Å². The largest absolute Gasteiger partial charge is 0.656 e. The maximum Gasteiger partial charge on any atom is 0.656 e. The van der Waals surface area contributed by atoms with Crippen molar-refractivity contribution in [3.8, 4) is 0 Å². The summed E-state index contributed by atoms with van der Waals surface area (Å²) in [5, 5.41) is 8.46. The van der Waals surface area contributed by atoms with E-state index in [1.165, 1.54) is 0 Å². The van der Waals surface area contributed by atoms with Crippen molar-refractivity contribution in [1.82, 2.24) is 0 Å². The van der Waals surface area contributed by atoms with Crippen LogP contribution < -0.4 is 5.90 Å². The third-order valence-electron chi connectivity index (χ3n) is 1.11. The number of aliphatic hydroxyl groups is 1. The molecule has 0 aromatic heterocycles. The fraction of sp³-hybridized carbons (Fsp3) is 1.00. The van der Waals surface area contributed by atoms with Crippen molar-refractivity contribution in [3.05, 3.63) is 0 Å². The topological polar surface area (TPSA) is 73.9 Å². The van der Waals surface area contributed by atoms with Crippen molar-refractivity contribution in [2.45, 2.75) is 20.8 Å². The minimum Gasteiger partial charge on any atom is -0.394 e. The molecule has 0 aliphatic heterocycles. The quantitative estimate of drug-likeness (QED) is 0.454. The van der Waals surface area contributed by atoms with Gasteiger partial charge in [0, 0.05) is 6.61 Å². The van der Waals surface area contributed by atoms with Crippen LogP contribution in [0, 0.1) is 5.41 Å². The summed E-state index contributed by atoms with van der Waals surface area (Å²) in [4.78, 5) is 0. The van der Waals surface area contributed by atoms with Crippen LogP contribution >= 0.6 is 0 Å². The highest BCUT2D eigenvalue weighted by Crippen LogP contribution is 2.13. The molecule has 0 rings (SSSR count). The summed E-state index contributed by atoms with van der Waals surface area (Å²) in [6, 6.07) is 0. The molecule has 0 bridgehead atoms. The summed E-state index contributed by atoms with van der Waals surface area (Å²) in [5.74, 6) is 4.91. The van der Waals surface area contributed by atoms with Crippen molar-refractivity contribution in [1.29, 1.82) is 0 Å². The van der Waals surface area contributed by atoms with Crippen LogP contribution in [0.4, 0.5) is 0 Å². The van der Waals surface area contributed by atoms with Gasteiger partial charge in [0.1, 0.15) is 0 Å². The average molecular weight is 191 g/mol. The Hall–Kier alpha value is -0.135. The molecule has 13 heavy (non-hydrogen) atoms. The number of aliphatic hydroxyl groups excluding tert-OH is 1. The van der Waals surface area contributed by atoms with E-state index >= 15 is 0 Å². The van der Waals surface area contributed by atoms with Crippen molar-refractivity contribution < 1.29 is 19.2 Å². The number of rotatable bonds is 6. The van der Waals surface area contributed by atoms with E-state index in [-0.39, 0.29) is 18.6 Å². The smallest absolute Gasteiger partial charge is 0.394 e. The first kappa shape index (κ1) is 12.9. The molecule has 3 N–H and O–H groups in total. The first-order valence-corrected chi connectivity index (χ1v) is 4.19. The fourth-order valence-electron chi connectivity index (χ4n) is 0.594. The maximum atomic E-state index is 8.46. The molecule has 6 heteroatoms. The zero-order valence-corrected chi connectivity index (χ0v) is 8.45. The van der Waals surface area contributed by atoms with Gasteiger partial charge in [-0.1, -0.05) is 20.8 Å². The van der Waals surface area contributed by atoms with Crippen LogP contribution in [0.2, 0.25) is 0 Å². The Morgan fingerprint density at radius 2 is 1.92 bits per heavy atom. The van der Waals surface area contributed by atoms with Gasteiger partial charge >= 0.3 is 7.32 Å². The fourth-order valence-corrected chi connectivity index (χ4v) is 0.594. The molecule has 0 atom stereocenters. The van der Waals surface area contributed by atoms with E-state index in [1.54, 1.807) is 0 Å². The lowest BCUT2D eigenvalue weighted by molar-refractivity contribution is 0.0555. The third-order valence-corrected chi connectivity index (χ3v) is 1.11. The zero-order chi connectivity index (χ0) is 10.3. The van der Waals surface area contributed by atoms with Gasteiger partial charge in [-0.25, -0.2) is 5.90 Å². The number of nitrogens with two attached hydrogens (primary N) is 1. The van der Waals surface area contributed by atoms with Gasteiger partial charge in [0.2, 0.25) is 0 Å². The molecule has 78 valence electrons. The second-order valence-electron chi connectivity index (χ2n) is 3.89. The molecular weight excluding hydrogens is 173 g/mol. The van der Waals surface area contributed by atoms with Crippen LogP contribution in [0.3, 0.4) is 0 Å². The molecule has 0 saturated heterocycles. The molecule has 0 saturated carbocycles. The molecule has 0 aromatic carbocycles. The number of hydrogen-bond acceptors (Lipinski definition) is 5. The lowest BCUT2D eigenvalue weighted by Crippen LogP contribution is -2.34. The average Bonchev–Trinajstić information content (AvgIpc) is 2.03. The Labute approximate surface area is 79.3 Å². The van der Waals surface area contributed by atoms with Crippen LogP contribution in [0.5, 0.6) is 0 Å². The minimum atomic E-state index is -0.897. The van der Waals surface area contributed by atoms with E-state index < -0.39 is 7.32 Å². The highest BCUT2D eigenvalue weighted by Gasteiger charge is 2.23. The summed E-state index contributed by atoms with van der Waals surface area (Å²) >= 11 is 0. The van der Waals surface area contributed by atoms with Crippen LogP contribution in [0.1, 0.15) is 20.8 Å². The Morgan fingerprint density at radius 1 is 1.31 bits per heavy atom. The molecule has 0 radical (unpaired) electrons. The van der Waals surface area contributed by atoms with Crippen molar-refractivity contribution in [2.75, 3.05) is 19.8 Å². The lowest BCUT2D eigenvalue weighted by Gasteiger charge is -2.20. The molecule has 0 heterocycles. The van der Waals surface area contributed by atoms with Gasteiger partial charge < -0.3 is 19.2 Å². The molecule has 0 aliphatic carbocycles. The van der Waals surface area contributed by atoms with Gasteiger partial charge in [0.25, 0.3) is 0 Å². The molecule has 0 aliphatic rings. The number of hydrogen-bond donors (Lipinski definition) is 2. The molecule has 0 spiro atoms. The van der Waals surface area contributed by atoms with Crippen LogP contribution in [-0.4, -0.2) is 32.2 Å². The molecule has 0 fully saturated rings. The lowest BCUT2D eigenvalue weighted by atomic mass is 9.98. The molecule has 5 nitrogen and oxygen atoms in total. The summed E-state index contributed by atoms with van der Waals surface area (Å²) < 4.78 is 14.5. The first-order chi connectivity index (χ1) is 5.99. The Balaban J connectivity index is 3.59. The van der Waals surface area contributed by atoms with E-state index in [2.05, 4.69) is 4.76 Å². The summed E-state index contributed by atoms with van der Waals surface area (Å²) in [6.45, 7) is 6.59. The van der Waals surface area contributed by atoms with Crippen LogP contribution in [0.15, 0.2) is 0 Å². The molecular formula is C7H18BNO4. The monoisotopic (exact) mass is 191 g/mol.